The van der Waals surface area contributed by atoms with E-state index in [1.807, 2.05) is 31.2 Å². The highest BCUT2D eigenvalue weighted by Gasteiger charge is 2.19. The van der Waals surface area contributed by atoms with Crippen molar-refractivity contribution in [2.45, 2.75) is 20.4 Å². The molecule has 0 radical (unpaired) electrons. The van der Waals surface area contributed by atoms with Crippen LogP contribution >= 0.6 is 0 Å². The van der Waals surface area contributed by atoms with E-state index < -0.39 is 5.82 Å². The van der Waals surface area contributed by atoms with E-state index in [1.54, 1.807) is 32.2 Å². The summed E-state index contributed by atoms with van der Waals surface area (Å²) in [6, 6.07) is 13.5. The van der Waals surface area contributed by atoms with Gasteiger partial charge in [0, 0.05) is 29.4 Å². The van der Waals surface area contributed by atoms with Gasteiger partial charge in [-0.2, -0.15) is 0 Å². The Morgan fingerprint density at radius 3 is 2.74 bits per heavy atom. The third-order valence-electron chi connectivity index (χ3n) is 4.81. The van der Waals surface area contributed by atoms with Crippen molar-refractivity contribution in [1.82, 2.24) is 19.9 Å². The molecule has 2 aromatic carbocycles. The fourth-order valence-electron chi connectivity index (χ4n) is 3.43. The summed E-state index contributed by atoms with van der Waals surface area (Å²) in [4.78, 5) is 21.1. The van der Waals surface area contributed by atoms with Crippen LogP contribution < -0.4 is 15.4 Å². The highest BCUT2D eigenvalue weighted by Crippen LogP contribution is 2.31. The van der Waals surface area contributed by atoms with Gasteiger partial charge < -0.3 is 15.4 Å². The first-order valence-electron chi connectivity index (χ1n) is 9.78. The van der Waals surface area contributed by atoms with Gasteiger partial charge in [0.25, 0.3) is 0 Å². The summed E-state index contributed by atoms with van der Waals surface area (Å²) >= 11 is 0. The zero-order valence-electron chi connectivity index (χ0n) is 17.4. The highest BCUT2D eigenvalue weighted by molar-refractivity contribution is 6.00. The predicted octanol–water partition coefficient (Wildman–Crippen LogP) is 4.78. The zero-order valence-corrected chi connectivity index (χ0v) is 17.4. The Hall–Kier alpha value is -3.78. The van der Waals surface area contributed by atoms with E-state index in [2.05, 4.69) is 20.6 Å². The van der Waals surface area contributed by atoms with Crippen molar-refractivity contribution < 1.29 is 13.9 Å². The van der Waals surface area contributed by atoms with Crippen LogP contribution in [0.3, 0.4) is 0 Å². The second kappa shape index (κ2) is 8.53. The molecule has 1 amide bonds. The van der Waals surface area contributed by atoms with Gasteiger partial charge in [-0.1, -0.05) is 12.1 Å². The van der Waals surface area contributed by atoms with Gasteiger partial charge in [-0.05, 0) is 56.8 Å². The summed E-state index contributed by atoms with van der Waals surface area (Å²) in [6.45, 7) is 4.24. The Balaban J connectivity index is 1.65. The van der Waals surface area contributed by atoms with Crippen LogP contribution in [-0.2, 0) is 6.54 Å². The molecule has 7 nitrogen and oxygen atoms in total. The molecule has 2 N–H and O–H groups in total. The minimum atomic E-state index is -0.559. The number of hydrogen-bond acceptors (Lipinski definition) is 5. The number of nitrogens with one attached hydrogen (secondary N) is 2. The van der Waals surface area contributed by atoms with Crippen LogP contribution in [0.15, 0.2) is 54.9 Å². The molecule has 4 rings (SSSR count). The Labute approximate surface area is 178 Å². The number of carbonyl (C=O) groups is 1. The number of carbonyl (C=O) groups excluding carboxylic acids is 1. The van der Waals surface area contributed by atoms with Gasteiger partial charge in [-0.15, -0.1) is 0 Å². The molecule has 31 heavy (non-hydrogen) atoms. The van der Waals surface area contributed by atoms with E-state index >= 15 is 4.39 Å². The van der Waals surface area contributed by atoms with Crippen molar-refractivity contribution in [3.8, 4) is 11.6 Å². The van der Waals surface area contributed by atoms with Crippen LogP contribution in [0.2, 0.25) is 0 Å². The van der Waals surface area contributed by atoms with E-state index in [-0.39, 0.29) is 17.7 Å². The molecular formula is C23H22FN5O2. The molecule has 0 aliphatic rings. The molecule has 0 saturated carbocycles. The minimum Gasteiger partial charge on any atom is -0.436 e. The Morgan fingerprint density at radius 2 is 1.97 bits per heavy atom. The second-order valence-corrected chi connectivity index (χ2v) is 7.21. The SMILES string of the molecule is CNCc1cc(Oc2ccc3c(cc(C)n3C(=O)Nc3cccc(C)c3)c2F)ncn1. The molecule has 2 heterocycles. The Morgan fingerprint density at radius 1 is 1.13 bits per heavy atom. The van der Waals surface area contributed by atoms with E-state index in [4.69, 9.17) is 4.74 Å². The standard InChI is InChI=1S/C23H22FN5O2/c1-14-5-4-6-16(9-14)28-23(30)29-15(2)10-18-19(29)7-8-20(22(18)24)31-21-11-17(12-25-3)26-13-27-21/h4-11,13,25H,12H2,1-3H3,(H,28,30). The van der Waals surface area contributed by atoms with E-state index in [0.29, 0.717) is 28.8 Å². The fraction of sp³-hybridized carbons (Fsp3) is 0.174. The third-order valence-corrected chi connectivity index (χ3v) is 4.81. The van der Waals surface area contributed by atoms with Crippen LogP contribution in [-0.4, -0.2) is 27.6 Å². The number of aryl methyl sites for hydroxylation is 2. The van der Waals surface area contributed by atoms with Crippen LogP contribution in [0.4, 0.5) is 14.9 Å². The van der Waals surface area contributed by atoms with Crippen molar-refractivity contribution in [3.63, 3.8) is 0 Å². The molecule has 0 aliphatic carbocycles. The van der Waals surface area contributed by atoms with Gasteiger partial charge in [-0.25, -0.2) is 19.2 Å². The maximum absolute atomic E-state index is 15.2. The number of nitrogens with zero attached hydrogens (tertiary/aromatic N) is 3. The Kier molecular flexibility index (Phi) is 5.64. The van der Waals surface area contributed by atoms with Crippen molar-refractivity contribution in [2.75, 3.05) is 12.4 Å². The predicted molar refractivity (Wildman–Crippen MR) is 117 cm³/mol. The quantitative estimate of drug-likeness (QED) is 0.487. The van der Waals surface area contributed by atoms with E-state index in [9.17, 15) is 4.79 Å². The first kappa shape index (κ1) is 20.5. The summed E-state index contributed by atoms with van der Waals surface area (Å²) < 4.78 is 22.3. The van der Waals surface area contributed by atoms with E-state index in [1.165, 1.54) is 17.0 Å². The summed E-state index contributed by atoms with van der Waals surface area (Å²) in [6.07, 6.45) is 1.37. The second-order valence-electron chi connectivity index (χ2n) is 7.21. The maximum atomic E-state index is 15.2. The number of rotatable bonds is 5. The molecule has 2 aromatic heterocycles. The first-order valence-corrected chi connectivity index (χ1v) is 9.78. The number of benzene rings is 2. The summed E-state index contributed by atoms with van der Waals surface area (Å²) in [5.41, 5.74) is 3.49. The maximum Gasteiger partial charge on any atom is 0.330 e. The van der Waals surface area contributed by atoms with Crippen molar-refractivity contribution in [1.29, 1.82) is 0 Å². The summed E-state index contributed by atoms with van der Waals surface area (Å²) in [5.74, 6) is -0.291. The molecule has 0 saturated heterocycles. The van der Waals surface area contributed by atoms with Crippen LogP contribution in [0, 0.1) is 19.7 Å². The Bertz CT molecular complexity index is 1270. The minimum absolute atomic E-state index is 0.0258. The topological polar surface area (TPSA) is 81.1 Å². The van der Waals surface area contributed by atoms with Crippen LogP contribution in [0.25, 0.3) is 10.9 Å². The van der Waals surface area contributed by atoms with Crippen LogP contribution in [0.5, 0.6) is 11.6 Å². The lowest BCUT2D eigenvalue weighted by molar-refractivity contribution is 0.254. The molecule has 0 fully saturated rings. The van der Waals surface area contributed by atoms with Crippen molar-refractivity contribution in [2.24, 2.45) is 0 Å². The van der Waals surface area contributed by atoms with Crippen LogP contribution in [0.1, 0.15) is 17.0 Å². The monoisotopic (exact) mass is 419 g/mol. The van der Waals surface area contributed by atoms with Crippen molar-refractivity contribution >= 4 is 22.6 Å². The fourth-order valence-corrected chi connectivity index (χ4v) is 3.43. The lowest BCUT2D eigenvalue weighted by atomic mass is 10.2. The number of anilines is 1. The molecular weight excluding hydrogens is 397 g/mol. The van der Waals surface area contributed by atoms with Gasteiger partial charge in [0.15, 0.2) is 11.6 Å². The number of ether oxygens (including phenoxy) is 1. The van der Waals surface area contributed by atoms with Gasteiger partial charge in [-0.3, -0.25) is 4.57 Å². The number of aromatic nitrogens is 3. The molecule has 0 atom stereocenters. The van der Waals surface area contributed by atoms with Gasteiger partial charge >= 0.3 is 6.03 Å². The first-order chi connectivity index (χ1) is 15.0. The van der Waals surface area contributed by atoms with Crippen molar-refractivity contribution in [3.05, 3.63) is 77.6 Å². The van der Waals surface area contributed by atoms with Gasteiger partial charge in [0.1, 0.15) is 6.33 Å². The number of amides is 1. The number of halogens is 1. The zero-order chi connectivity index (χ0) is 22.0. The molecule has 0 bridgehead atoms. The molecule has 4 aromatic rings. The lowest BCUT2D eigenvalue weighted by Crippen LogP contribution is -2.20. The summed E-state index contributed by atoms with van der Waals surface area (Å²) in [5, 5.41) is 6.14. The lowest BCUT2D eigenvalue weighted by Gasteiger charge is -2.11. The van der Waals surface area contributed by atoms with E-state index in [0.717, 1.165) is 11.3 Å². The van der Waals surface area contributed by atoms with Gasteiger partial charge in [0.2, 0.25) is 5.88 Å². The molecule has 8 heteroatoms. The molecule has 0 aliphatic heterocycles. The molecule has 0 spiro atoms. The third kappa shape index (κ3) is 4.24. The molecule has 0 unspecified atom stereocenters. The number of fused-ring (bicyclic) bond motifs is 1. The highest BCUT2D eigenvalue weighted by atomic mass is 19.1. The normalized spacial score (nSPS) is 11.0. The summed E-state index contributed by atoms with van der Waals surface area (Å²) in [7, 11) is 1.80. The average Bonchev–Trinajstić information content (AvgIpc) is 3.07. The smallest absolute Gasteiger partial charge is 0.330 e. The van der Waals surface area contributed by atoms with Gasteiger partial charge in [0.05, 0.1) is 11.2 Å². The largest absolute Gasteiger partial charge is 0.436 e. The average molecular weight is 419 g/mol. The number of hydrogen-bond donors (Lipinski definition) is 2. The molecule has 158 valence electrons.